The molecule has 0 spiro atoms. The molecule has 1 amide bonds. The van der Waals surface area contributed by atoms with Crippen LogP contribution in [0.3, 0.4) is 0 Å². The van der Waals surface area contributed by atoms with Crippen molar-refractivity contribution in [3.8, 4) is 0 Å². The Morgan fingerprint density at radius 1 is 1.31 bits per heavy atom. The quantitative estimate of drug-likeness (QED) is 0.730. The molecule has 0 saturated carbocycles. The SMILES string of the molecule is CONC(=O)c1cc(S(=O)(=O)N(C)CCc2ccccn2)cc(F)c1F. The van der Waals surface area contributed by atoms with Gasteiger partial charge in [0.2, 0.25) is 10.0 Å². The van der Waals surface area contributed by atoms with E-state index in [1.807, 2.05) is 5.48 Å². The molecule has 0 fully saturated rings. The van der Waals surface area contributed by atoms with E-state index >= 15 is 0 Å². The number of hydrogen-bond acceptors (Lipinski definition) is 5. The van der Waals surface area contributed by atoms with Crippen LogP contribution >= 0.6 is 0 Å². The summed E-state index contributed by atoms with van der Waals surface area (Å²) in [5.74, 6) is -4.02. The van der Waals surface area contributed by atoms with Gasteiger partial charge in [0, 0.05) is 31.9 Å². The molecule has 26 heavy (non-hydrogen) atoms. The molecular weight excluding hydrogens is 368 g/mol. The number of hydrogen-bond donors (Lipinski definition) is 1. The summed E-state index contributed by atoms with van der Waals surface area (Å²) in [6, 6.07) is 6.54. The third-order valence-electron chi connectivity index (χ3n) is 3.56. The molecule has 0 aliphatic rings. The number of amides is 1. The highest BCUT2D eigenvalue weighted by Crippen LogP contribution is 2.21. The summed E-state index contributed by atoms with van der Waals surface area (Å²) in [6.45, 7) is 0.0674. The fraction of sp³-hybridized carbons (Fsp3) is 0.250. The van der Waals surface area contributed by atoms with Gasteiger partial charge in [-0.15, -0.1) is 0 Å². The Balaban J connectivity index is 2.28. The van der Waals surface area contributed by atoms with E-state index in [1.54, 1.807) is 24.4 Å². The van der Waals surface area contributed by atoms with Crippen molar-refractivity contribution in [2.75, 3.05) is 20.7 Å². The summed E-state index contributed by atoms with van der Waals surface area (Å²) in [5, 5.41) is 0. The lowest BCUT2D eigenvalue weighted by Crippen LogP contribution is -2.30. The number of sulfonamides is 1. The number of nitrogens with one attached hydrogen (secondary N) is 1. The van der Waals surface area contributed by atoms with Gasteiger partial charge in [-0.25, -0.2) is 27.0 Å². The Kier molecular flexibility index (Phi) is 6.35. The smallest absolute Gasteiger partial charge is 0.277 e. The molecule has 7 nitrogen and oxygen atoms in total. The van der Waals surface area contributed by atoms with Gasteiger partial charge in [-0.05, 0) is 24.3 Å². The van der Waals surface area contributed by atoms with E-state index in [4.69, 9.17) is 0 Å². The van der Waals surface area contributed by atoms with Gasteiger partial charge >= 0.3 is 0 Å². The maximum absolute atomic E-state index is 13.8. The van der Waals surface area contributed by atoms with Gasteiger partial charge in [-0.3, -0.25) is 14.6 Å². The summed E-state index contributed by atoms with van der Waals surface area (Å²) in [5.41, 5.74) is 1.73. The lowest BCUT2D eigenvalue weighted by atomic mass is 10.2. The number of likely N-dealkylation sites (N-methyl/N-ethyl adjacent to an activating group) is 1. The van der Waals surface area contributed by atoms with Crippen molar-refractivity contribution in [3.63, 3.8) is 0 Å². The standard InChI is InChI=1S/C16H17F2N3O4S/c1-21(8-6-11-5-3-4-7-19-11)26(23,24)12-9-13(16(22)20-25-2)15(18)14(17)10-12/h3-5,7,9-10H,6,8H2,1-2H3,(H,20,22). The van der Waals surface area contributed by atoms with Crippen LogP contribution in [0.15, 0.2) is 41.4 Å². The number of halogens is 2. The van der Waals surface area contributed by atoms with Gasteiger partial charge in [0.05, 0.1) is 17.6 Å². The Bertz CT molecular complexity index is 892. The number of aromatic nitrogens is 1. The van der Waals surface area contributed by atoms with Crippen LogP contribution in [0.4, 0.5) is 8.78 Å². The Hall–Kier alpha value is -2.43. The summed E-state index contributed by atoms with van der Waals surface area (Å²) in [4.78, 5) is 19.6. The van der Waals surface area contributed by atoms with Crippen molar-refractivity contribution < 1.29 is 26.8 Å². The maximum Gasteiger partial charge on any atom is 0.277 e. The van der Waals surface area contributed by atoms with Gasteiger partial charge in [0.1, 0.15) is 0 Å². The molecule has 0 aliphatic carbocycles. The maximum atomic E-state index is 13.8. The van der Waals surface area contributed by atoms with Crippen LogP contribution in [0.25, 0.3) is 0 Å². The van der Waals surface area contributed by atoms with Crippen molar-refractivity contribution in [2.45, 2.75) is 11.3 Å². The van der Waals surface area contributed by atoms with Gasteiger partial charge in [-0.1, -0.05) is 6.07 Å². The molecule has 0 saturated heterocycles. The number of hydroxylamine groups is 1. The van der Waals surface area contributed by atoms with Crippen molar-refractivity contribution >= 4 is 15.9 Å². The predicted octanol–water partition coefficient (Wildman–Crippen LogP) is 1.51. The molecule has 1 N–H and O–H groups in total. The minimum Gasteiger partial charge on any atom is -0.277 e. The molecule has 10 heteroatoms. The van der Waals surface area contributed by atoms with Gasteiger partial charge in [-0.2, -0.15) is 0 Å². The Morgan fingerprint density at radius 2 is 2.04 bits per heavy atom. The predicted molar refractivity (Wildman–Crippen MR) is 88.6 cm³/mol. The number of carbonyl (C=O) groups excluding carboxylic acids is 1. The average Bonchev–Trinajstić information content (AvgIpc) is 2.62. The third-order valence-corrected chi connectivity index (χ3v) is 5.39. The first kappa shape index (κ1) is 19.9. The monoisotopic (exact) mass is 385 g/mol. The lowest BCUT2D eigenvalue weighted by Gasteiger charge is -2.18. The van der Waals surface area contributed by atoms with Crippen molar-refractivity contribution in [3.05, 3.63) is 59.4 Å². The summed E-state index contributed by atoms with van der Waals surface area (Å²) < 4.78 is 53.8. The molecule has 0 unspecified atom stereocenters. The Labute approximate surface area is 149 Å². The van der Waals surface area contributed by atoms with Gasteiger partial charge in [0.25, 0.3) is 5.91 Å². The minimum absolute atomic E-state index is 0.0674. The second-order valence-electron chi connectivity index (χ2n) is 5.30. The fourth-order valence-corrected chi connectivity index (χ4v) is 3.35. The van der Waals surface area contributed by atoms with Crippen LogP contribution in [0, 0.1) is 11.6 Å². The molecule has 1 aromatic carbocycles. The topological polar surface area (TPSA) is 88.6 Å². The number of pyridine rings is 1. The second-order valence-corrected chi connectivity index (χ2v) is 7.34. The first-order chi connectivity index (χ1) is 12.3. The van der Waals surface area contributed by atoms with E-state index in [2.05, 4.69) is 9.82 Å². The highest BCUT2D eigenvalue weighted by Gasteiger charge is 2.26. The average molecular weight is 385 g/mol. The van der Waals surface area contributed by atoms with Crippen LogP contribution in [0.2, 0.25) is 0 Å². The molecular formula is C16H17F2N3O4S. The van der Waals surface area contributed by atoms with Crippen molar-refractivity contribution in [1.82, 2.24) is 14.8 Å². The van der Waals surface area contributed by atoms with Gasteiger partial charge in [0.15, 0.2) is 11.6 Å². The van der Waals surface area contributed by atoms with Crippen LogP contribution < -0.4 is 5.48 Å². The molecule has 2 aromatic rings. The zero-order valence-electron chi connectivity index (χ0n) is 14.1. The lowest BCUT2D eigenvalue weighted by molar-refractivity contribution is 0.0532. The summed E-state index contributed by atoms with van der Waals surface area (Å²) in [6.07, 6.45) is 1.91. The van der Waals surface area contributed by atoms with Crippen LogP contribution in [0.1, 0.15) is 16.1 Å². The largest absolute Gasteiger partial charge is 0.277 e. The number of rotatable bonds is 7. The molecule has 2 rings (SSSR count). The molecule has 1 heterocycles. The Morgan fingerprint density at radius 3 is 2.65 bits per heavy atom. The van der Waals surface area contributed by atoms with Crippen LogP contribution in [-0.4, -0.2) is 44.3 Å². The van der Waals surface area contributed by atoms with E-state index in [9.17, 15) is 22.0 Å². The van der Waals surface area contributed by atoms with Crippen LogP contribution in [0.5, 0.6) is 0 Å². The molecule has 0 aliphatic heterocycles. The first-order valence-corrected chi connectivity index (χ1v) is 8.90. The van der Waals surface area contributed by atoms with Crippen molar-refractivity contribution in [1.29, 1.82) is 0 Å². The normalized spacial score (nSPS) is 11.6. The summed E-state index contributed by atoms with van der Waals surface area (Å²) in [7, 11) is -1.73. The molecule has 140 valence electrons. The molecule has 0 atom stereocenters. The van der Waals surface area contributed by atoms with E-state index in [-0.39, 0.29) is 6.54 Å². The van der Waals surface area contributed by atoms with E-state index in [1.165, 1.54) is 7.05 Å². The van der Waals surface area contributed by atoms with Crippen LogP contribution in [-0.2, 0) is 21.3 Å². The zero-order valence-corrected chi connectivity index (χ0v) is 14.9. The van der Waals surface area contributed by atoms with E-state index in [0.717, 1.165) is 17.5 Å². The minimum atomic E-state index is -4.14. The van der Waals surface area contributed by atoms with E-state index < -0.39 is 38.0 Å². The van der Waals surface area contributed by atoms with Gasteiger partial charge < -0.3 is 0 Å². The highest BCUT2D eigenvalue weighted by molar-refractivity contribution is 7.89. The zero-order chi connectivity index (χ0) is 19.3. The second kappa shape index (κ2) is 8.30. The number of nitrogens with zero attached hydrogens (tertiary/aromatic N) is 2. The van der Waals surface area contributed by atoms with E-state index in [0.29, 0.717) is 18.2 Å². The molecule has 1 aromatic heterocycles. The molecule has 0 radical (unpaired) electrons. The number of carbonyl (C=O) groups is 1. The first-order valence-electron chi connectivity index (χ1n) is 7.46. The summed E-state index contributed by atoms with van der Waals surface area (Å²) >= 11 is 0. The highest BCUT2D eigenvalue weighted by atomic mass is 32.2. The van der Waals surface area contributed by atoms with Crippen molar-refractivity contribution in [2.24, 2.45) is 0 Å². The fourth-order valence-electron chi connectivity index (χ4n) is 2.14. The third kappa shape index (κ3) is 4.40. The number of benzene rings is 1. The molecule has 0 bridgehead atoms.